The van der Waals surface area contributed by atoms with Gasteiger partial charge in [0.2, 0.25) is 5.91 Å². The first-order valence-corrected chi connectivity index (χ1v) is 3.31. The normalized spacial score (nSPS) is 32.6. The Morgan fingerprint density at radius 2 is 2.20 bits per heavy atom. The molecule has 0 saturated carbocycles. The van der Waals surface area contributed by atoms with Crippen molar-refractivity contribution in [2.75, 3.05) is 13.1 Å². The summed E-state index contributed by atoms with van der Waals surface area (Å²) in [6, 6.07) is 0. The van der Waals surface area contributed by atoms with E-state index >= 15 is 0 Å². The SMILES string of the molecule is O=C1CC2NC(=O)CN2C1. The number of fused-ring (bicyclic) bond motifs is 1. The standard InChI is InChI=1S/C6H8N2O2/c9-4-1-5-7-6(10)3-8(5)2-4/h5H,1-3H2,(H,7,10). The predicted octanol–water partition coefficient (Wildman–Crippen LogP) is -1.28. The van der Waals surface area contributed by atoms with Crippen molar-refractivity contribution < 1.29 is 9.59 Å². The van der Waals surface area contributed by atoms with E-state index in [-0.39, 0.29) is 17.9 Å². The quantitative estimate of drug-likeness (QED) is 0.456. The molecule has 0 aromatic heterocycles. The van der Waals surface area contributed by atoms with Crippen molar-refractivity contribution in [3.63, 3.8) is 0 Å². The molecule has 0 aromatic rings. The fourth-order valence-electron chi connectivity index (χ4n) is 1.47. The Balaban J connectivity index is 2.12. The number of carbonyl (C=O) groups excluding carboxylic acids is 2. The second kappa shape index (κ2) is 1.79. The van der Waals surface area contributed by atoms with Crippen molar-refractivity contribution >= 4 is 11.7 Å². The van der Waals surface area contributed by atoms with Gasteiger partial charge in [0.1, 0.15) is 5.78 Å². The monoisotopic (exact) mass is 140 g/mol. The first-order chi connectivity index (χ1) is 4.75. The van der Waals surface area contributed by atoms with Crippen molar-refractivity contribution in [2.24, 2.45) is 0 Å². The molecule has 54 valence electrons. The van der Waals surface area contributed by atoms with E-state index in [4.69, 9.17) is 0 Å². The number of carbonyl (C=O) groups is 2. The number of rotatable bonds is 0. The third-order valence-corrected chi connectivity index (χ3v) is 1.92. The summed E-state index contributed by atoms with van der Waals surface area (Å²) in [5.74, 6) is 0.266. The number of amides is 1. The molecule has 1 atom stereocenters. The number of hydrogen-bond donors (Lipinski definition) is 1. The average molecular weight is 140 g/mol. The van der Waals surface area contributed by atoms with E-state index in [1.807, 2.05) is 4.90 Å². The molecule has 2 aliphatic heterocycles. The molecule has 2 aliphatic rings. The fraction of sp³-hybridized carbons (Fsp3) is 0.667. The van der Waals surface area contributed by atoms with Gasteiger partial charge in [-0.2, -0.15) is 0 Å². The molecule has 0 bridgehead atoms. The van der Waals surface area contributed by atoms with Crippen molar-refractivity contribution in [3.8, 4) is 0 Å². The lowest BCUT2D eigenvalue weighted by molar-refractivity contribution is -0.120. The van der Waals surface area contributed by atoms with Crippen molar-refractivity contribution in [1.29, 1.82) is 0 Å². The third-order valence-electron chi connectivity index (χ3n) is 1.92. The highest BCUT2D eigenvalue weighted by Gasteiger charge is 2.37. The van der Waals surface area contributed by atoms with E-state index in [1.54, 1.807) is 0 Å². The Labute approximate surface area is 58.2 Å². The van der Waals surface area contributed by atoms with Gasteiger partial charge < -0.3 is 5.32 Å². The highest BCUT2D eigenvalue weighted by molar-refractivity contribution is 5.88. The van der Waals surface area contributed by atoms with Gasteiger partial charge in [-0.1, -0.05) is 0 Å². The third kappa shape index (κ3) is 0.724. The highest BCUT2D eigenvalue weighted by Crippen LogP contribution is 2.15. The number of ketones is 1. The number of nitrogens with zero attached hydrogens (tertiary/aromatic N) is 1. The van der Waals surface area contributed by atoms with E-state index in [9.17, 15) is 9.59 Å². The van der Waals surface area contributed by atoms with E-state index < -0.39 is 0 Å². The number of nitrogens with one attached hydrogen (secondary N) is 1. The lowest BCUT2D eigenvalue weighted by Gasteiger charge is -2.08. The summed E-state index contributed by atoms with van der Waals surface area (Å²) >= 11 is 0. The molecule has 2 rings (SSSR count). The molecule has 1 unspecified atom stereocenters. The largest absolute Gasteiger partial charge is 0.339 e. The minimum atomic E-state index is 0.0139. The Morgan fingerprint density at radius 3 is 2.90 bits per heavy atom. The van der Waals surface area contributed by atoms with E-state index in [0.717, 1.165) is 0 Å². The first kappa shape index (κ1) is 5.85. The van der Waals surface area contributed by atoms with Gasteiger partial charge in [0, 0.05) is 6.42 Å². The molecule has 4 heteroatoms. The molecule has 10 heavy (non-hydrogen) atoms. The molecule has 0 aliphatic carbocycles. The molecule has 0 radical (unpaired) electrons. The summed E-state index contributed by atoms with van der Waals surface area (Å²) in [5.41, 5.74) is 0. The lowest BCUT2D eigenvalue weighted by atomic mass is 10.3. The zero-order valence-electron chi connectivity index (χ0n) is 5.46. The molecular formula is C6H8N2O2. The van der Waals surface area contributed by atoms with Crippen LogP contribution in [0.15, 0.2) is 0 Å². The summed E-state index contributed by atoms with van der Waals surface area (Å²) in [6.07, 6.45) is 0.506. The van der Waals surface area contributed by atoms with Crippen molar-refractivity contribution in [2.45, 2.75) is 12.6 Å². The topological polar surface area (TPSA) is 49.4 Å². The lowest BCUT2D eigenvalue weighted by Crippen LogP contribution is -2.29. The summed E-state index contributed by atoms with van der Waals surface area (Å²) in [7, 11) is 0. The first-order valence-electron chi connectivity index (χ1n) is 3.31. The van der Waals surface area contributed by atoms with Crippen LogP contribution in [0.1, 0.15) is 6.42 Å². The van der Waals surface area contributed by atoms with Gasteiger partial charge in [0.15, 0.2) is 0 Å². The van der Waals surface area contributed by atoms with Gasteiger partial charge >= 0.3 is 0 Å². The van der Waals surface area contributed by atoms with Crippen LogP contribution < -0.4 is 5.32 Å². The summed E-state index contributed by atoms with van der Waals surface area (Å²) in [5, 5.41) is 2.71. The molecule has 2 saturated heterocycles. The maximum atomic E-state index is 10.8. The second-order valence-electron chi connectivity index (χ2n) is 2.73. The minimum absolute atomic E-state index is 0.0139. The Kier molecular flexibility index (Phi) is 1.05. The smallest absolute Gasteiger partial charge is 0.235 e. The predicted molar refractivity (Wildman–Crippen MR) is 33.1 cm³/mol. The van der Waals surface area contributed by atoms with Crippen molar-refractivity contribution in [1.82, 2.24) is 10.2 Å². The van der Waals surface area contributed by atoms with Crippen LogP contribution in [0.2, 0.25) is 0 Å². The van der Waals surface area contributed by atoms with Gasteiger partial charge in [0.25, 0.3) is 0 Å². The Bertz CT molecular complexity index is 164. The van der Waals surface area contributed by atoms with Gasteiger partial charge in [-0.05, 0) is 0 Å². The highest BCUT2D eigenvalue weighted by atomic mass is 16.2. The van der Waals surface area contributed by atoms with Gasteiger partial charge in [-0.25, -0.2) is 0 Å². The molecule has 4 nitrogen and oxygen atoms in total. The van der Waals surface area contributed by atoms with Crippen LogP contribution in [0.5, 0.6) is 0 Å². The van der Waals surface area contributed by atoms with E-state index in [0.29, 0.717) is 19.5 Å². The molecule has 2 heterocycles. The minimum Gasteiger partial charge on any atom is -0.339 e. The maximum Gasteiger partial charge on any atom is 0.235 e. The molecular weight excluding hydrogens is 132 g/mol. The Hall–Kier alpha value is -0.900. The van der Waals surface area contributed by atoms with Crippen LogP contribution in [0.3, 0.4) is 0 Å². The maximum absolute atomic E-state index is 10.8. The van der Waals surface area contributed by atoms with Gasteiger partial charge in [-0.3, -0.25) is 14.5 Å². The van der Waals surface area contributed by atoms with Crippen LogP contribution in [-0.4, -0.2) is 35.8 Å². The Morgan fingerprint density at radius 1 is 1.40 bits per heavy atom. The molecule has 1 N–H and O–H groups in total. The molecule has 1 amide bonds. The van der Waals surface area contributed by atoms with Crippen LogP contribution in [0.4, 0.5) is 0 Å². The van der Waals surface area contributed by atoms with Crippen LogP contribution in [0, 0.1) is 0 Å². The number of hydrogen-bond acceptors (Lipinski definition) is 3. The summed E-state index contributed by atoms with van der Waals surface area (Å²) < 4.78 is 0. The van der Waals surface area contributed by atoms with E-state index in [1.165, 1.54) is 0 Å². The average Bonchev–Trinajstić information content (AvgIpc) is 2.21. The van der Waals surface area contributed by atoms with Gasteiger partial charge in [0.05, 0.1) is 19.3 Å². The fourth-order valence-corrected chi connectivity index (χ4v) is 1.47. The molecule has 0 spiro atoms. The molecule has 0 aromatic carbocycles. The summed E-state index contributed by atoms with van der Waals surface area (Å²) in [4.78, 5) is 23.3. The van der Waals surface area contributed by atoms with E-state index in [2.05, 4.69) is 5.32 Å². The van der Waals surface area contributed by atoms with Crippen LogP contribution in [0.25, 0.3) is 0 Å². The second-order valence-corrected chi connectivity index (χ2v) is 2.73. The number of Topliss-reactive ketones (excluding diaryl/α,β-unsaturated/α-hetero) is 1. The van der Waals surface area contributed by atoms with Crippen molar-refractivity contribution in [3.05, 3.63) is 0 Å². The summed E-state index contributed by atoms with van der Waals surface area (Å²) in [6.45, 7) is 0.847. The van der Waals surface area contributed by atoms with Gasteiger partial charge in [-0.15, -0.1) is 0 Å². The zero-order chi connectivity index (χ0) is 7.14. The molecule has 2 fully saturated rings. The van der Waals surface area contributed by atoms with Crippen LogP contribution >= 0.6 is 0 Å². The zero-order valence-corrected chi connectivity index (χ0v) is 5.46. The van der Waals surface area contributed by atoms with Crippen LogP contribution in [-0.2, 0) is 9.59 Å².